The summed E-state index contributed by atoms with van der Waals surface area (Å²) in [6.45, 7) is 3.54. The highest BCUT2D eigenvalue weighted by molar-refractivity contribution is 14.0. The van der Waals surface area contributed by atoms with E-state index in [0.29, 0.717) is 6.54 Å². The molecule has 0 bridgehead atoms. The monoisotopic (exact) mass is 475 g/mol. The molecule has 0 saturated heterocycles. The summed E-state index contributed by atoms with van der Waals surface area (Å²) >= 11 is 1.83. The van der Waals surface area contributed by atoms with Gasteiger partial charge in [-0.2, -0.15) is 0 Å². The maximum atomic E-state index is 5.45. The summed E-state index contributed by atoms with van der Waals surface area (Å²) in [6.07, 6.45) is 1.08. The van der Waals surface area contributed by atoms with Crippen molar-refractivity contribution in [3.63, 3.8) is 0 Å². The number of nitrogens with zero attached hydrogens (tertiary/aromatic N) is 1. The Labute approximate surface area is 170 Å². The predicted octanol–water partition coefficient (Wildman–Crippen LogP) is 3.81. The minimum absolute atomic E-state index is 0. The molecular weight excluding hydrogens is 449 g/mol. The van der Waals surface area contributed by atoms with Gasteiger partial charge in [0.05, 0.1) is 20.8 Å². The summed E-state index contributed by atoms with van der Waals surface area (Å²) in [7, 11) is 5.06. The van der Waals surface area contributed by atoms with Crippen LogP contribution in [0.5, 0.6) is 11.5 Å². The molecule has 2 rings (SSSR count). The Morgan fingerprint density at radius 2 is 1.76 bits per heavy atom. The second-order valence-electron chi connectivity index (χ2n) is 5.15. The van der Waals surface area contributed by atoms with Crippen molar-refractivity contribution in [3.05, 3.63) is 45.6 Å². The van der Waals surface area contributed by atoms with Gasteiger partial charge < -0.3 is 20.1 Å². The van der Waals surface area contributed by atoms with Gasteiger partial charge in [-0.3, -0.25) is 4.99 Å². The highest BCUT2D eigenvalue weighted by Gasteiger charge is 2.10. The lowest BCUT2D eigenvalue weighted by molar-refractivity contribution is 0.351. The Balaban J connectivity index is 0.00000312. The van der Waals surface area contributed by atoms with E-state index in [2.05, 4.69) is 34.7 Å². The van der Waals surface area contributed by atoms with Gasteiger partial charge in [-0.1, -0.05) is 19.1 Å². The molecule has 0 aliphatic heterocycles. The van der Waals surface area contributed by atoms with Gasteiger partial charge in [0.2, 0.25) is 0 Å². The lowest BCUT2D eigenvalue weighted by Crippen LogP contribution is -2.36. The summed E-state index contributed by atoms with van der Waals surface area (Å²) < 4.78 is 10.8. The number of benzene rings is 1. The summed E-state index contributed by atoms with van der Waals surface area (Å²) in [5, 5.41) is 6.65. The van der Waals surface area contributed by atoms with E-state index in [9.17, 15) is 0 Å². The first-order chi connectivity index (χ1) is 11.7. The van der Waals surface area contributed by atoms with Crippen molar-refractivity contribution in [2.24, 2.45) is 4.99 Å². The average Bonchev–Trinajstić information content (AvgIpc) is 3.09. The summed E-state index contributed by atoms with van der Waals surface area (Å²) in [5.74, 6) is 2.23. The van der Waals surface area contributed by atoms with Gasteiger partial charge >= 0.3 is 0 Å². The van der Waals surface area contributed by atoms with Crippen LogP contribution in [0.25, 0.3) is 0 Å². The molecule has 0 spiro atoms. The molecule has 2 aromatic rings. The molecule has 138 valence electrons. The lowest BCUT2D eigenvalue weighted by Gasteiger charge is -2.15. The molecule has 0 fully saturated rings. The zero-order chi connectivity index (χ0) is 17.4. The van der Waals surface area contributed by atoms with Crippen LogP contribution in [0.15, 0.2) is 35.3 Å². The Hall–Kier alpha value is -1.48. The van der Waals surface area contributed by atoms with Crippen LogP contribution in [-0.4, -0.2) is 27.2 Å². The summed E-state index contributed by atoms with van der Waals surface area (Å²) in [5.41, 5.74) is 1.02. The average molecular weight is 475 g/mol. The van der Waals surface area contributed by atoms with Crippen LogP contribution < -0.4 is 20.1 Å². The molecule has 5 nitrogen and oxygen atoms in total. The highest BCUT2D eigenvalue weighted by atomic mass is 127. The first-order valence-electron chi connectivity index (χ1n) is 7.93. The minimum Gasteiger partial charge on any atom is -0.493 e. The number of ether oxygens (including phenoxy) is 2. The molecule has 0 unspecified atom stereocenters. The number of rotatable bonds is 7. The van der Waals surface area contributed by atoms with Gasteiger partial charge in [-0.15, -0.1) is 35.3 Å². The first kappa shape index (κ1) is 21.6. The highest BCUT2D eigenvalue weighted by Crippen LogP contribution is 2.30. The Morgan fingerprint density at radius 3 is 2.36 bits per heavy atom. The minimum atomic E-state index is 0. The smallest absolute Gasteiger partial charge is 0.191 e. The van der Waals surface area contributed by atoms with Crippen molar-refractivity contribution in [1.29, 1.82) is 0 Å². The standard InChI is InChI=1S/C18H25N3O2S.HI/c1-5-14-9-10-15(24-14)12-21-18(19-2)20-11-13-7-6-8-16(22-3)17(13)23-4;/h6-10H,5,11-12H2,1-4H3,(H2,19,20,21);1H. The van der Waals surface area contributed by atoms with E-state index < -0.39 is 0 Å². The van der Waals surface area contributed by atoms with E-state index >= 15 is 0 Å². The van der Waals surface area contributed by atoms with Crippen LogP contribution in [0, 0.1) is 0 Å². The zero-order valence-electron chi connectivity index (χ0n) is 15.1. The fourth-order valence-electron chi connectivity index (χ4n) is 2.37. The maximum absolute atomic E-state index is 5.45. The largest absolute Gasteiger partial charge is 0.493 e. The number of thiophene rings is 1. The molecule has 1 aromatic heterocycles. The second-order valence-corrected chi connectivity index (χ2v) is 6.41. The Kier molecular flexibility index (Phi) is 9.66. The van der Waals surface area contributed by atoms with Gasteiger partial charge in [0.1, 0.15) is 0 Å². The normalized spacial score (nSPS) is 10.8. The van der Waals surface area contributed by atoms with Crippen LogP contribution in [0.4, 0.5) is 0 Å². The van der Waals surface area contributed by atoms with E-state index in [1.165, 1.54) is 9.75 Å². The fraction of sp³-hybridized carbons (Fsp3) is 0.389. The molecule has 0 aliphatic carbocycles. The van der Waals surface area contributed by atoms with Crippen LogP contribution in [-0.2, 0) is 19.5 Å². The molecule has 7 heteroatoms. The molecule has 1 aromatic carbocycles. The van der Waals surface area contributed by atoms with Crippen molar-refractivity contribution in [1.82, 2.24) is 10.6 Å². The molecule has 0 atom stereocenters. The van der Waals surface area contributed by atoms with Crippen molar-refractivity contribution in [2.75, 3.05) is 21.3 Å². The zero-order valence-corrected chi connectivity index (χ0v) is 18.2. The number of para-hydroxylation sites is 1. The molecule has 1 heterocycles. The van der Waals surface area contributed by atoms with E-state index in [1.807, 2.05) is 29.5 Å². The quantitative estimate of drug-likeness (QED) is 0.364. The Morgan fingerprint density at radius 1 is 1.04 bits per heavy atom. The van der Waals surface area contributed by atoms with E-state index in [0.717, 1.165) is 36.0 Å². The van der Waals surface area contributed by atoms with Gasteiger partial charge in [0.15, 0.2) is 17.5 Å². The van der Waals surface area contributed by atoms with E-state index in [1.54, 1.807) is 21.3 Å². The molecule has 0 amide bonds. The molecule has 0 radical (unpaired) electrons. The Bertz CT molecular complexity index is 689. The number of halogens is 1. The second kappa shape index (κ2) is 11.2. The molecule has 0 aliphatic rings. The number of methoxy groups -OCH3 is 2. The van der Waals surface area contributed by atoms with E-state index in [4.69, 9.17) is 9.47 Å². The molecule has 0 saturated carbocycles. The van der Waals surface area contributed by atoms with Crippen LogP contribution in [0.2, 0.25) is 0 Å². The predicted molar refractivity (Wildman–Crippen MR) is 116 cm³/mol. The summed E-state index contributed by atoms with van der Waals surface area (Å²) in [6, 6.07) is 10.2. The SMILES string of the molecule is CCc1ccc(CNC(=NC)NCc2cccc(OC)c2OC)s1.I. The third kappa shape index (κ3) is 6.07. The van der Waals surface area contributed by atoms with Crippen molar-refractivity contribution in [3.8, 4) is 11.5 Å². The van der Waals surface area contributed by atoms with Crippen molar-refractivity contribution >= 4 is 41.3 Å². The van der Waals surface area contributed by atoms with Gasteiger partial charge in [0.25, 0.3) is 0 Å². The van der Waals surface area contributed by atoms with Crippen LogP contribution >= 0.6 is 35.3 Å². The maximum Gasteiger partial charge on any atom is 0.191 e. The topological polar surface area (TPSA) is 54.9 Å². The number of aliphatic imine (C=N–C) groups is 1. The third-order valence-electron chi connectivity index (χ3n) is 3.65. The number of guanidine groups is 1. The number of aryl methyl sites for hydroxylation is 1. The molecule has 2 N–H and O–H groups in total. The van der Waals surface area contributed by atoms with Gasteiger partial charge in [0, 0.05) is 28.9 Å². The molecule has 25 heavy (non-hydrogen) atoms. The molecular formula is C18H26IN3O2S. The van der Waals surface area contributed by atoms with Crippen LogP contribution in [0.3, 0.4) is 0 Å². The van der Waals surface area contributed by atoms with Gasteiger partial charge in [-0.25, -0.2) is 0 Å². The fourth-order valence-corrected chi connectivity index (χ4v) is 3.27. The summed E-state index contributed by atoms with van der Waals surface area (Å²) in [4.78, 5) is 6.97. The van der Waals surface area contributed by atoms with Crippen molar-refractivity contribution < 1.29 is 9.47 Å². The lowest BCUT2D eigenvalue weighted by atomic mass is 10.2. The van der Waals surface area contributed by atoms with E-state index in [-0.39, 0.29) is 24.0 Å². The number of hydrogen-bond donors (Lipinski definition) is 2. The van der Waals surface area contributed by atoms with Gasteiger partial charge in [-0.05, 0) is 24.6 Å². The third-order valence-corrected chi connectivity index (χ3v) is 4.88. The van der Waals surface area contributed by atoms with Crippen molar-refractivity contribution in [2.45, 2.75) is 26.4 Å². The van der Waals surface area contributed by atoms with Crippen LogP contribution in [0.1, 0.15) is 22.2 Å². The number of hydrogen-bond acceptors (Lipinski definition) is 4. The first-order valence-corrected chi connectivity index (χ1v) is 8.75. The number of nitrogens with one attached hydrogen (secondary N) is 2.